The predicted molar refractivity (Wildman–Crippen MR) is 112 cm³/mol. The van der Waals surface area contributed by atoms with E-state index in [0.717, 1.165) is 10.8 Å². The largest absolute Gasteiger partial charge is 0.488 e. The Labute approximate surface area is 170 Å². The maximum absolute atomic E-state index is 12.6. The number of ether oxygens (including phenoxy) is 1. The van der Waals surface area contributed by atoms with Crippen molar-refractivity contribution in [2.45, 2.75) is 26.0 Å². The van der Waals surface area contributed by atoms with Gasteiger partial charge in [-0.05, 0) is 19.1 Å². The maximum Gasteiger partial charge on any atom is 0.357 e. The van der Waals surface area contributed by atoms with Gasteiger partial charge >= 0.3 is 5.97 Å². The molecular weight excluding hydrogens is 391 g/mol. The second-order valence-electron chi connectivity index (χ2n) is 7.52. The number of aliphatic hydroxyl groups excluding tert-OH is 1. The molecule has 2 aliphatic heterocycles. The molecule has 0 radical (unpaired) electrons. The molecule has 3 N–H and O–H groups in total. The monoisotopic (exact) mass is 414 g/mol. The van der Waals surface area contributed by atoms with E-state index in [-0.39, 0.29) is 30.2 Å². The first kappa shape index (κ1) is 19.7. The normalized spacial score (nSPS) is 24.3. The minimum Gasteiger partial charge on any atom is -0.488 e. The van der Waals surface area contributed by atoms with Gasteiger partial charge in [0.05, 0.1) is 27.5 Å². The van der Waals surface area contributed by atoms with Crippen molar-refractivity contribution in [3.8, 4) is 5.75 Å². The third kappa shape index (κ3) is 2.96. The molecule has 2 aromatic carbocycles. The lowest BCUT2D eigenvalue weighted by molar-refractivity contribution is -0.162. The first-order valence-corrected chi connectivity index (χ1v) is 9.89. The highest BCUT2D eigenvalue weighted by molar-refractivity contribution is 7.10. The summed E-state index contributed by atoms with van der Waals surface area (Å²) >= 11 is 0. The fraction of sp³-hybridized carbons (Fsp3) is 0.333. The summed E-state index contributed by atoms with van der Waals surface area (Å²) in [7, 11) is 1.92. The molecule has 1 fully saturated rings. The zero-order chi connectivity index (χ0) is 20.9. The number of anilines is 1. The molecule has 1 unspecified atom stereocenters. The summed E-state index contributed by atoms with van der Waals surface area (Å²) in [6, 6.07) is 11.0. The lowest BCUT2D eigenvalue weighted by Crippen LogP contribution is -2.63. The number of hydrogen-bond donors (Lipinski definition) is 2. The van der Waals surface area contributed by atoms with Crippen molar-refractivity contribution in [1.82, 2.24) is 4.90 Å². The van der Waals surface area contributed by atoms with Crippen LogP contribution in [0.25, 0.3) is 10.8 Å². The van der Waals surface area contributed by atoms with Gasteiger partial charge in [-0.1, -0.05) is 31.2 Å². The van der Waals surface area contributed by atoms with Gasteiger partial charge in [-0.15, -0.1) is 0 Å². The average molecular weight is 414 g/mol. The summed E-state index contributed by atoms with van der Waals surface area (Å²) in [6.07, 6.45) is -0.791. The molecule has 0 aromatic heterocycles. The van der Waals surface area contributed by atoms with Crippen LogP contribution in [0.2, 0.25) is 0 Å². The van der Waals surface area contributed by atoms with Crippen LogP contribution in [0.15, 0.2) is 47.7 Å². The van der Waals surface area contributed by atoms with Crippen molar-refractivity contribution in [1.29, 1.82) is 0 Å². The van der Waals surface area contributed by atoms with Gasteiger partial charge < -0.3 is 25.0 Å². The summed E-state index contributed by atoms with van der Waals surface area (Å²) in [5.41, 5.74) is 7.60. The molecule has 1 amide bonds. The summed E-state index contributed by atoms with van der Waals surface area (Å²) in [5.74, 6) is -0.919. The van der Waals surface area contributed by atoms with Crippen LogP contribution in [0.1, 0.15) is 13.8 Å². The molecule has 1 saturated heterocycles. The number of nitrogens with two attached hydrogens (primary N) is 1. The Kier molecular flexibility index (Phi) is 4.97. The zero-order valence-electron chi connectivity index (χ0n) is 16.2. The topological polar surface area (TPSA) is 102 Å². The van der Waals surface area contributed by atoms with Crippen LogP contribution in [0.4, 0.5) is 5.69 Å². The van der Waals surface area contributed by atoms with Gasteiger partial charge in [0.2, 0.25) is 5.91 Å². The van der Waals surface area contributed by atoms with Crippen molar-refractivity contribution < 1.29 is 24.0 Å². The molecule has 0 saturated carbocycles. The molecule has 0 bridgehead atoms. The van der Waals surface area contributed by atoms with Crippen LogP contribution in [0, 0.1) is 11.8 Å². The van der Waals surface area contributed by atoms with E-state index in [2.05, 4.69) is 0 Å². The maximum atomic E-state index is 12.6. The first-order chi connectivity index (χ1) is 13.9. The SMILES string of the molecule is C[C@@H](O)[C@H]1C(=O)N2C(C(=O)OP)=C(COc3cccc4c(N)cccc34)[C@H](C)[C@H]12. The van der Waals surface area contributed by atoms with Crippen LogP contribution in [0.5, 0.6) is 5.75 Å². The number of carbonyl (C=O) groups excluding carboxylic acids is 2. The third-order valence-corrected chi connectivity index (χ3v) is 6.13. The number of rotatable bonds is 5. The Balaban J connectivity index is 1.67. The molecule has 2 aliphatic rings. The molecule has 2 aromatic rings. The Bertz CT molecular complexity index is 1030. The van der Waals surface area contributed by atoms with Crippen LogP contribution < -0.4 is 10.5 Å². The minimum absolute atomic E-state index is 0.122. The highest BCUT2D eigenvalue weighted by Crippen LogP contribution is 2.47. The molecule has 5 atom stereocenters. The predicted octanol–water partition coefficient (Wildman–Crippen LogP) is 2.25. The van der Waals surface area contributed by atoms with Crippen LogP contribution in [-0.2, 0) is 14.1 Å². The number of β-lactam (4-membered cyclic amide) rings is 1. The fourth-order valence-corrected chi connectivity index (χ4v) is 4.58. The van der Waals surface area contributed by atoms with E-state index in [1.807, 2.05) is 52.8 Å². The highest BCUT2D eigenvalue weighted by atomic mass is 31.0. The second-order valence-corrected chi connectivity index (χ2v) is 7.76. The third-order valence-electron chi connectivity index (χ3n) is 5.91. The Morgan fingerprint density at radius 1 is 1.28 bits per heavy atom. The van der Waals surface area contributed by atoms with E-state index < -0.39 is 18.0 Å². The van der Waals surface area contributed by atoms with E-state index in [4.69, 9.17) is 15.0 Å². The summed E-state index contributed by atoms with van der Waals surface area (Å²) < 4.78 is 10.9. The number of nitrogens with zero attached hydrogens (tertiary/aromatic N) is 1. The number of amides is 1. The van der Waals surface area contributed by atoms with Crippen molar-refractivity contribution in [3.63, 3.8) is 0 Å². The Morgan fingerprint density at radius 2 is 1.97 bits per heavy atom. The fourth-order valence-electron chi connectivity index (χ4n) is 4.47. The Hall–Kier alpha value is -2.63. The highest BCUT2D eigenvalue weighted by Gasteiger charge is 2.60. The van der Waals surface area contributed by atoms with Gasteiger partial charge in [0.15, 0.2) is 0 Å². The first-order valence-electron chi connectivity index (χ1n) is 9.42. The molecular formula is C21H23N2O5P. The molecule has 0 spiro atoms. The standard InChI is InChI=1S/C21H23N2O5P/c1-10-14(9-27-16-8-4-5-12-13(16)6-3-7-15(12)22)19(21(26)28-29)23-18(10)17(11(2)24)20(23)25/h3-8,10-11,17-18,24H,9,22,29H2,1-2H3/t10-,11+,17+,18+/m0/s1. The number of nitrogen functional groups attached to an aromatic ring is 1. The van der Waals surface area contributed by atoms with Crippen LogP contribution in [0.3, 0.4) is 0 Å². The van der Waals surface area contributed by atoms with Crippen LogP contribution >= 0.6 is 9.47 Å². The van der Waals surface area contributed by atoms with E-state index >= 15 is 0 Å². The number of aliphatic hydroxyl groups is 1. The molecule has 7 nitrogen and oxygen atoms in total. The van der Waals surface area contributed by atoms with E-state index in [9.17, 15) is 14.7 Å². The summed E-state index contributed by atoms with van der Waals surface area (Å²) in [5, 5.41) is 11.8. The zero-order valence-corrected chi connectivity index (χ0v) is 17.3. The molecule has 0 aliphatic carbocycles. The smallest absolute Gasteiger partial charge is 0.357 e. The van der Waals surface area contributed by atoms with Crippen molar-refractivity contribution in [2.24, 2.45) is 11.8 Å². The van der Waals surface area contributed by atoms with E-state index in [0.29, 0.717) is 17.0 Å². The molecule has 29 heavy (non-hydrogen) atoms. The molecule has 4 rings (SSSR count). The van der Waals surface area contributed by atoms with Crippen molar-refractivity contribution >= 4 is 37.8 Å². The quantitative estimate of drug-likeness (QED) is 0.442. The molecule has 8 heteroatoms. The Morgan fingerprint density at radius 3 is 2.66 bits per heavy atom. The van der Waals surface area contributed by atoms with E-state index in [1.54, 1.807) is 6.92 Å². The summed E-state index contributed by atoms with van der Waals surface area (Å²) in [4.78, 5) is 26.4. The average Bonchev–Trinajstić information content (AvgIpc) is 2.94. The lowest BCUT2D eigenvalue weighted by Gasteiger charge is -2.46. The van der Waals surface area contributed by atoms with Gasteiger partial charge in [0, 0.05) is 28.0 Å². The number of benzene rings is 2. The van der Waals surface area contributed by atoms with Gasteiger partial charge in [-0.3, -0.25) is 4.79 Å². The minimum atomic E-state index is -0.791. The van der Waals surface area contributed by atoms with Gasteiger partial charge in [-0.2, -0.15) is 0 Å². The van der Waals surface area contributed by atoms with Gasteiger partial charge in [0.25, 0.3) is 0 Å². The van der Waals surface area contributed by atoms with Crippen LogP contribution in [-0.4, -0.2) is 40.6 Å². The molecule has 152 valence electrons. The number of hydrogen-bond acceptors (Lipinski definition) is 6. The lowest BCUT2D eigenvalue weighted by atomic mass is 9.78. The van der Waals surface area contributed by atoms with Crippen molar-refractivity contribution in [2.75, 3.05) is 12.3 Å². The van der Waals surface area contributed by atoms with Gasteiger partial charge in [-0.25, -0.2) is 4.79 Å². The molecule has 2 heterocycles. The second kappa shape index (κ2) is 7.32. The van der Waals surface area contributed by atoms with E-state index in [1.165, 1.54) is 4.90 Å². The number of carbonyl (C=O) groups is 2. The number of fused-ring (bicyclic) bond motifs is 2. The van der Waals surface area contributed by atoms with Crippen molar-refractivity contribution in [3.05, 3.63) is 47.7 Å². The van der Waals surface area contributed by atoms with Gasteiger partial charge in [0.1, 0.15) is 18.1 Å². The summed E-state index contributed by atoms with van der Waals surface area (Å²) in [6.45, 7) is 3.65.